The summed E-state index contributed by atoms with van der Waals surface area (Å²) in [6.45, 7) is 4.96. The van der Waals surface area contributed by atoms with Crippen LogP contribution in [0.1, 0.15) is 26.7 Å². The fraction of sp³-hybridized carbons (Fsp3) is 1.00. The van der Waals surface area contributed by atoms with E-state index >= 15 is 0 Å². The summed E-state index contributed by atoms with van der Waals surface area (Å²) in [5.41, 5.74) is 0. The average molecular weight is 174 g/mol. The van der Waals surface area contributed by atoms with E-state index in [0.717, 1.165) is 12.8 Å². The Labute approximate surface area is 74.0 Å². The molecule has 1 aliphatic heterocycles. The zero-order chi connectivity index (χ0) is 8.97. The summed E-state index contributed by atoms with van der Waals surface area (Å²) in [6.07, 6.45) is 1.91. The van der Waals surface area contributed by atoms with Gasteiger partial charge in [0.05, 0.1) is 0 Å². The molecule has 3 nitrogen and oxygen atoms in total. The van der Waals surface area contributed by atoms with Crippen LogP contribution in [0.3, 0.4) is 0 Å². The standard InChI is InChI=1S/C9H18O3/c1-7(2)4-5-8-11-6-9(10-3)12-8/h7-9H,4-6H2,1-3H3. The van der Waals surface area contributed by atoms with E-state index in [4.69, 9.17) is 14.2 Å². The zero-order valence-corrected chi connectivity index (χ0v) is 8.08. The summed E-state index contributed by atoms with van der Waals surface area (Å²) in [4.78, 5) is 0. The van der Waals surface area contributed by atoms with Crippen molar-refractivity contribution in [2.24, 2.45) is 5.92 Å². The molecule has 2 unspecified atom stereocenters. The molecule has 1 fully saturated rings. The van der Waals surface area contributed by atoms with E-state index in [0.29, 0.717) is 12.5 Å². The normalized spacial score (nSPS) is 30.0. The second-order valence-corrected chi connectivity index (χ2v) is 3.54. The highest BCUT2D eigenvalue weighted by Crippen LogP contribution is 2.18. The maximum atomic E-state index is 5.42. The highest BCUT2D eigenvalue weighted by Gasteiger charge is 2.25. The maximum absolute atomic E-state index is 5.42. The number of hydrogen-bond acceptors (Lipinski definition) is 3. The van der Waals surface area contributed by atoms with Crippen molar-refractivity contribution in [3.63, 3.8) is 0 Å². The highest BCUT2D eigenvalue weighted by molar-refractivity contribution is 4.58. The van der Waals surface area contributed by atoms with Gasteiger partial charge in [-0.1, -0.05) is 13.8 Å². The van der Waals surface area contributed by atoms with Gasteiger partial charge in [0.25, 0.3) is 0 Å². The lowest BCUT2D eigenvalue weighted by Crippen LogP contribution is -2.14. The number of hydrogen-bond donors (Lipinski definition) is 0. The van der Waals surface area contributed by atoms with Crippen molar-refractivity contribution < 1.29 is 14.2 Å². The molecule has 0 N–H and O–H groups in total. The van der Waals surface area contributed by atoms with Crippen LogP contribution in [-0.2, 0) is 14.2 Å². The van der Waals surface area contributed by atoms with E-state index in [1.54, 1.807) is 7.11 Å². The molecule has 0 aromatic carbocycles. The lowest BCUT2D eigenvalue weighted by atomic mass is 10.1. The monoisotopic (exact) mass is 174 g/mol. The topological polar surface area (TPSA) is 27.7 Å². The van der Waals surface area contributed by atoms with Crippen LogP contribution in [0.25, 0.3) is 0 Å². The van der Waals surface area contributed by atoms with Crippen molar-refractivity contribution in [3.8, 4) is 0 Å². The molecular weight excluding hydrogens is 156 g/mol. The van der Waals surface area contributed by atoms with E-state index < -0.39 is 0 Å². The molecule has 0 spiro atoms. The van der Waals surface area contributed by atoms with Crippen LogP contribution in [0.15, 0.2) is 0 Å². The molecule has 0 aromatic rings. The minimum absolute atomic E-state index is 0.0441. The summed E-state index contributed by atoms with van der Waals surface area (Å²) in [5, 5.41) is 0. The van der Waals surface area contributed by atoms with Crippen molar-refractivity contribution in [1.82, 2.24) is 0 Å². The number of rotatable bonds is 4. The molecule has 3 heteroatoms. The van der Waals surface area contributed by atoms with Gasteiger partial charge >= 0.3 is 0 Å². The lowest BCUT2D eigenvalue weighted by Gasteiger charge is -2.11. The first-order chi connectivity index (χ1) is 5.72. The van der Waals surface area contributed by atoms with Gasteiger partial charge in [-0.05, 0) is 18.8 Å². The smallest absolute Gasteiger partial charge is 0.183 e. The molecule has 1 heterocycles. The molecule has 0 amide bonds. The van der Waals surface area contributed by atoms with Crippen molar-refractivity contribution in [2.45, 2.75) is 39.3 Å². The fourth-order valence-electron chi connectivity index (χ4n) is 1.18. The van der Waals surface area contributed by atoms with Gasteiger partial charge in [0.1, 0.15) is 6.61 Å². The van der Waals surface area contributed by atoms with Gasteiger partial charge in [-0.2, -0.15) is 0 Å². The fourth-order valence-corrected chi connectivity index (χ4v) is 1.18. The Morgan fingerprint density at radius 2 is 2.25 bits per heavy atom. The van der Waals surface area contributed by atoms with Gasteiger partial charge < -0.3 is 14.2 Å². The van der Waals surface area contributed by atoms with Gasteiger partial charge in [0, 0.05) is 7.11 Å². The van der Waals surface area contributed by atoms with Crippen LogP contribution in [0, 0.1) is 5.92 Å². The van der Waals surface area contributed by atoms with Crippen molar-refractivity contribution >= 4 is 0 Å². The van der Waals surface area contributed by atoms with E-state index in [-0.39, 0.29) is 12.6 Å². The van der Waals surface area contributed by atoms with Crippen molar-refractivity contribution in [3.05, 3.63) is 0 Å². The predicted molar refractivity (Wildman–Crippen MR) is 45.7 cm³/mol. The molecule has 1 rings (SSSR count). The predicted octanol–water partition coefficient (Wildman–Crippen LogP) is 1.77. The van der Waals surface area contributed by atoms with Crippen LogP contribution >= 0.6 is 0 Å². The molecule has 72 valence electrons. The van der Waals surface area contributed by atoms with Gasteiger partial charge in [-0.3, -0.25) is 0 Å². The second-order valence-electron chi connectivity index (χ2n) is 3.54. The van der Waals surface area contributed by atoms with Crippen molar-refractivity contribution in [1.29, 1.82) is 0 Å². The van der Waals surface area contributed by atoms with E-state index in [1.807, 2.05) is 0 Å². The van der Waals surface area contributed by atoms with Gasteiger partial charge in [-0.25, -0.2) is 0 Å². The van der Waals surface area contributed by atoms with Crippen LogP contribution in [0.4, 0.5) is 0 Å². The molecular formula is C9H18O3. The molecule has 0 saturated carbocycles. The Kier molecular flexibility index (Phi) is 3.98. The molecule has 1 saturated heterocycles. The molecule has 0 aromatic heterocycles. The Morgan fingerprint density at radius 1 is 1.50 bits per heavy atom. The third-order valence-corrected chi connectivity index (χ3v) is 1.96. The molecule has 2 atom stereocenters. The quantitative estimate of drug-likeness (QED) is 0.650. The van der Waals surface area contributed by atoms with Gasteiger partial charge in [0.2, 0.25) is 0 Å². The Hall–Kier alpha value is -0.120. The Balaban J connectivity index is 2.11. The zero-order valence-electron chi connectivity index (χ0n) is 8.08. The molecule has 0 bridgehead atoms. The van der Waals surface area contributed by atoms with E-state index in [9.17, 15) is 0 Å². The highest BCUT2D eigenvalue weighted by atomic mass is 16.8. The summed E-state index contributed by atoms with van der Waals surface area (Å²) >= 11 is 0. The first-order valence-electron chi connectivity index (χ1n) is 4.52. The molecule has 0 aliphatic carbocycles. The first kappa shape index (κ1) is 9.96. The second kappa shape index (κ2) is 4.80. The summed E-state index contributed by atoms with van der Waals surface area (Å²) in [5.74, 6) is 0.707. The van der Waals surface area contributed by atoms with Crippen molar-refractivity contribution in [2.75, 3.05) is 13.7 Å². The maximum Gasteiger partial charge on any atom is 0.183 e. The minimum atomic E-state index is -0.151. The van der Waals surface area contributed by atoms with Crippen LogP contribution < -0.4 is 0 Å². The van der Waals surface area contributed by atoms with Crippen LogP contribution in [0.2, 0.25) is 0 Å². The van der Waals surface area contributed by atoms with Gasteiger partial charge in [-0.15, -0.1) is 0 Å². The molecule has 0 radical (unpaired) electrons. The Morgan fingerprint density at radius 3 is 2.75 bits per heavy atom. The third-order valence-electron chi connectivity index (χ3n) is 1.96. The number of methoxy groups -OCH3 is 1. The average Bonchev–Trinajstić information content (AvgIpc) is 2.48. The summed E-state index contributed by atoms with van der Waals surface area (Å²) in [7, 11) is 1.64. The van der Waals surface area contributed by atoms with E-state index in [1.165, 1.54) is 0 Å². The SMILES string of the molecule is COC1COC(CCC(C)C)O1. The Bertz CT molecular complexity index is 125. The third kappa shape index (κ3) is 3.09. The van der Waals surface area contributed by atoms with E-state index in [2.05, 4.69) is 13.8 Å². The van der Waals surface area contributed by atoms with Gasteiger partial charge in [0.15, 0.2) is 12.6 Å². The minimum Gasteiger partial charge on any atom is -0.353 e. The van der Waals surface area contributed by atoms with Crippen LogP contribution in [0.5, 0.6) is 0 Å². The molecule has 1 aliphatic rings. The lowest BCUT2D eigenvalue weighted by molar-refractivity contribution is -0.132. The number of ether oxygens (including phenoxy) is 3. The van der Waals surface area contributed by atoms with Crippen LogP contribution in [-0.4, -0.2) is 26.3 Å². The largest absolute Gasteiger partial charge is 0.353 e. The molecule has 12 heavy (non-hydrogen) atoms. The summed E-state index contributed by atoms with van der Waals surface area (Å²) in [6, 6.07) is 0. The summed E-state index contributed by atoms with van der Waals surface area (Å²) < 4.78 is 15.8. The first-order valence-corrected chi connectivity index (χ1v) is 4.52.